The number of carbonyl (C=O) groups is 1. The van der Waals surface area contributed by atoms with Crippen molar-refractivity contribution >= 4 is 62.7 Å². The minimum absolute atomic E-state index is 0.0679. The zero-order valence-corrected chi connectivity index (χ0v) is 18.5. The number of thiazole rings is 1. The maximum Gasteiger partial charge on any atom is 0.230 e. The van der Waals surface area contributed by atoms with E-state index in [4.69, 9.17) is 11.6 Å². The van der Waals surface area contributed by atoms with Gasteiger partial charge in [0.25, 0.3) is 0 Å². The average Bonchev–Trinajstić information content (AvgIpc) is 3.17. The molecule has 0 N–H and O–H groups in total. The van der Waals surface area contributed by atoms with Crippen LogP contribution in [-0.4, -0.2) is 15.9 Å². The van der Waals surface area contributed by atoms with Crippen LogP contribution in [0.4, 0.5) is 10.8 Å². The number of halogens is 1. The molecule has 0 aliphatic carbocycles. The van der Waals surface area contributed by atoms with Crippen molar-refractivity contribution in [3.63, 3.8) is 0 Å². The maximum atomic E-state index is 12.4. The lowest BCUT2D eigenvalue weighted by Gasteiger charge is -2.21. The van der Waals surface area contributed by atoms with Gasteiger partial charge < -0.3 is 0 Å². The summed E-state index contributed by atoms with van der Waals surface area (Å²) >= 11 is 7.51. The van der Waals surface area contributed by atoms with Gasteiger partial charge in [-0.1, -0.05) is 35.9 Å². The SMILES string of the molecule is CC(=O)N(c1nc(/C=C/c2ccc3ccc(Cl)cc3n2)cs1)c1cccc(C)c1C. The lowest BCUT2D eigenvalue weighted by atomic mass is 10.1. The summed E-state index contributed by atoms with van der Waals surface area (Å²) in [5.74, 6) is -0.0679. The van der Waals surface area contributed by atoms with Crippen molar-refractivity contribution in [2.75, 3.05) is 4.90 Å². The minimum Gasteiger partial charge on any atom is -0.274 e. The van der Waals surface area contributed by atoms with Crippen LogP contribution in [0.1, 0.15) is 29.4 Å². The molecule has 150 valence electrons. The number of aromatic nitrogens is 2. The topological polar surface area (TPSA) is 46.1 Å². The molecule has 0 radical (unpaired) electrons. The molecule has 2 aromatic heterocycles. The molecule has 0 saturated heterocycles. The second kappa shape index (κ2) is 8.38. The molecule has 4 rings (SSSR count). The van der Waals surface area contributed by atoms with Gasteiger partial charge in [-0.3, -0.25) is 9.69 Å². The van der Waals surface area contributed by atoms with E-state index in [0.29, 0.717) is 10.2 Å². The Labute approximate surface area is 184 Å². The van der Waals surface area contributed by atoms with Crippen molar-refractivity contribution in [2.24, 2.45) is 0 Å². The van der Waals surface area contributed by atoms with Gasteiger partial charge in [-0.2, -0.15) is 0 Å². The highest BCUT2D eigenvalue weighted by Crippen LogP contribution is 2.32. The van der Waals surface area contributed by atoms with Gasteiger partial charge in [0.15, 0.2) is 5.13 Å². The van der Waals surface area contributed by atoms with E-state index in [0.717, 1.165) is 39.1 Å². The van der Waals surface area contributed by atoms with Gasteiger partial charge in [0.1, 0.15) is 0 Å². The second-order valence-electron chi connectivity index (χ2n) is 7.03. The van der Waals surface area contributed by atoms with E-state index in [1.807, 2.05) is 79.9 Å². The number of carbonyl (C=O) groups excluding carboxylic acids is 1. The average molecular weight is 434 g/mol. The third-order valence-corrected chi connectivity index (χ3v) is 6.01. The molecule has 0 atom stereocenters. The van der Waals surface area contributed by atoms with E-state index in [2.05, 4.69) is 9.97 Å². The van der Waals surface area contributed by atoms with Crippen molar-refractivity contribution in [1.82, 2.24) is 9.97 Å². The highest BCUT2D eigenvalue weighted by Gasteiger charge is 2.19. The molecule has 4 aromatic rings. The van der Waals surface area contributed by atoms with Crippen LogP contribution < -0.4 is 4.90 Å². The van der Waals surface area contributed by atoms with E-state index < -0.39 is 0 Å². The standard InChI is InChI=1S/C24H20ClN3OS/c1-15-5-4-6-23(16(15)2)28(17(3)29)24-27-21(14-30-24)12-11-20-10-8-18-7-9-19(25)13-22(18)26-20/h4-14H,1-3H3/b12-11+. The summed E-state index contributed by atoms with van der Waals surface area (Å²) in [4.78, 5) is 23.4. The zero-order chi connectivity index (χ0) is 21.3. The van der Waals surface area contributed by atoms with E-state index in [-0.39, 0.29) is 5.91 Å². The minimum atomic E-state index is -0.0679. The van der Waals surface area contributed by atoms with Crippen molar-refractivity contribution in [2.45, 2.75) is 20.8 Å². The van der Waals surface area contributed by atoms with Gasteiger partial charge in [-0.05, 0) is 61.4 Å². The Balaban J connectivity index is 1.63. The van der Waals surface area contributed by atoms with Gasteiger partial charge in [0.05, 0.1) is 22.6 Å². The predicted molar refractivity (Wildman–Crippen MR) is 127 cm³/mol. The normalized spacial score (nSPS) is 11.3. The van der Waals surface area contributed by atoms with Crippen LogP contribution >= 0.6 is 22.9 Å². The number of amides is 1. The molecule has 0 saturated carbocycles. The second-order valence-corrected chi connectivity index (χ2v) is 8.31. The fourth-order valence-electron chi connectivity index (χ4n) is 3.21. The molecular formula is C24H20ClN3OS. The monoisotopic (exact) mass is 433 g/mol. The number of fused-ring (bicyclic) bond motifs is 1. The first kappa shape index (κ1) is 20.3. The van der Waals surface area contributed by atoms with Crippen LogP contribution in [0, 0.1) is 13.8 Å². The number of anilines is 2. The molecule has 0 bridgehead atoms. The van der Waals surface area contributed by atoms with Gasteiger partial charge in [-0.15, -0.1) is 11.3 Å². The molecule has 2 aromatic carbocycles. The Morgan fingerprint density at radius 2 is 1.80 bits per heavy atom. The molecule has 6 heteroatoms. The van der Waals surface area contributed by atoms with Crippen LogP contribution in [0.25, 0.3) is 23.1 Å². The number of nitrogens with zero attached hydrogens (tertiary/aromatic N) is 3. The number of benzene rings is 2. The zero-order valence-electron chi connectivity index (χ0n) is 16.9. The summed E-state index contributed by atoms with van der Waals surface area (Å²) < 4.78 is 0. The summed E-state index contributed by atoms with van der Waals surface area (Å²) in [5.41, 5.74) is 5.51. The van der Waals surface area contributed by atoms with E-state index in [1.54, 1.807) is 11.8 Å². The number of hydrogen-bond acceptors (Lipinski definition) is 4. The summed E-state index contributed by atoms with van der Waals surface area (Å²) in [6.07, 6.45) is 3.81. The Morgan fingerprint density at radius 3 is 2.60 bits per heavy atom. The van der Waals surface area contributed by atoms with Gasteiger partial charge in [-0.25, -0.2) is 9.97 Å². The van der Waals surface area contributed by atoms with E-state index in [9.17, 15) is 4.79 Å². The summed E-state index contributed by atoms with van der Waals surface area (Å²) in [6.45, 7) is 5.62. The number of aryl methyl sites for hydroxylation is 1. The van der Waals surface area contributed by atoms with E-state index in [1.165, 1.54) is 11.3 Å². The first-order valence-electron chi connectivity index (χ1n) is 9.49. The van der Waals surface area contributed by atoms with Gasteiger partial charge >= 0.3 is 0 Å². The first-order valence-corrected chi connectivity index (χ1v) is 10.7. The number of hydrogen-bond donors (Lipinski definition) is 0. The van der Waals surface area contributed by atoms with E-state index >= 15 is 0 Å². The number of rotatable bonds is 4. The molecule has 4 nitrogen and oxygen atoms in total. The van der Waals surface area contributed by atoms with Crippen molar-refractivity contribution < 1.29 is 4.79 Å². The molecule has 0 aliphatic rings. The van der Waals surface area contributed by atoms with Crippen LogP contribution in [0.3, 0.4) is 0 Å². The molecule has 2 heterocycles. The third kappa shape index (κ3) is 4.13. The van der Waals surface area contributed by atoms with Crippen LogP contribution in [0.2, 0.25) is 5.02 Å². The van der Waals surface area contributed by atoms with Crippen molar-refractivity contribution in [3.05, 3.63) is 81.4 Å². The summed E-state index contributed by atoms with van der Waals surface area (Å²) in [5, 5.41) is 4.29. The lowest BCUT2D eigenvalue weighted by Crippen LogP contribution is -2.23. The van der Waals surface area contributed by atoms with Crippen LogP contribution in [0.15, 0.2) is 53.9 Å². The predicted octanol–water partition coefficient (Wildman–Crippen LogP) is 6.82. The first-order chi connectivity index (χ1) is 14.4. The van der Waals surface area contributed by atoms with Crippen molar-refractivity contribution in [1.29, 1.82) is 0 Å². The molecule has 0 fully saturated rings. The van der Waals surface area contributed by atoms with Gasteiger partial charge in [0, 0.05) is 22.7 Å². The highest BCUT2D eigenvalue weighted by molar-refractivity contribution is 7.14. The summed E-state index contributed by atoms with van der Waals surface area (Å²) in [7, 11) is 0. The number of pyridine rings is 1. The van der Waals surface area contributed by atoms with Crippen LogP contribution in [-0.2, 0) is 4.79 Å². The fraction of sp³-hybridized carbons (Fsp3) is 0.125. The Morgan fingerprint density at radius 1 is 1.03 bits per heavy atom. The Kier molecular flexibility index (Phi) is 5.66. The molecular weight excluding hydrogens is 414 g/mol. The third-order valence-electron chi connectivity index (χ3n) is 4.93. The molecule has 30 heavy (non-hydrogen) atoms. The van der Waals surface area contributed by atoms with Crippen LogP contribution in [0.5, 0.6) is 0 Å². The smallest absolute Gasteiger partial charge is 0.230 e. The highest BCUT2D eigenvalue weighted by atomic mass is 35.5. The quantitative estimate of drug-likeness (QED) is 0.355. The fourth-order valence-corrected chi connectivity index (χ4v) is 4.22. The van der Waals surface area contributed by atoms with Crippen molar-refractivity contribution in [3.8, 4) is 0 Å². The molecule has 0 aliphatic heterocycles. The molecule has 0 spiro atoms. The molecule has 1 amide bonds. The Hall–Kier alpha value is -3.02. The lowest BCUT2D eigenvalue weighted by molar-refractivity contribution is -0.115. The van der Waals surface area contributed by atoms with Gasteiger partial charge in [0.2, 0.25) is 5.91 Å². The maximum absolute atomic E-state index is 12.4. The Bertz CT molecular complexity index is 1280. The molecule has 0 unspecified atom stereocenters. The summed E-state index contributed by atoms with van der Waals surface area (Å²) in [6, 6.07) is 15.6. The largest absolute Gasteiger partial charge is 0.274 e.